The molecular weight excluding hydrogens is 454 g/mol. The van der Waals surface area contributed by atoms with Crippen molar-refractivity contribution < 1.29 is 24.2 Å². The van der Waals surface area contributed by atoms with Crippen LogP contribution in [0.5, 0.6) is 11.5 Å². The summed E-state index contributed by atoms with van der Waals surface area (Å²) in [7, 11) is 1.53. The van der Waals surface area contributed by atoms with Gasteiger partial charge < -0.3 is 19.5 Å². The van der Waals surface area contributed by atoms with E-state index in [0.29, 0.717) is 17.9 Å². The summed E-state index contributed by atoms with van der Waals surface area (Å²) >= 11 is 0. The number of aliphatic hydroxyl groups excluding tert-OH is 1. The third-order valence-electron chi connectivity index (χ3n) is 7.19. The predicted molar refractivity (Wildman–Crippen MR) is 140 cm³/mol. The lowest BCUT2D eigenvalue weighted by Crippen LogP contribution is -2.37. The van der Waals surface area contributed by atoms with Crippen LogP contribution in [0.2, 0.25) is 0 Å². The molecule has 1 amide bonds. The molecule has 2 aliphatic rings. The SMILES string of the molecule is CCCOc1ccc(C2/C(=C(\O)c3cc(C(C)(C)C)ccc3OC)C(=O)C(=O)N2C2CCCC2)cc1. The molecule has 1 N–H and O–H groups in total. The number of likely N-dealkylation sites (tertiary alicyclic amines) is 1. The number of ether oxygens (including phenoxy) is 2. The normalized spacial score (nSPS) is 20.2. The molecule has 36 heavy (non-hydrogen) atoms. The molecule has 4 rings (SSSR count). The number of nitrogens with zero attached hydrogens (tertiary/aromatic N) is 1. The van der Waals surface area contributed by atoms with Gasteiger partial charge in [-0.25, -0.2) is 0 Å². The second kappa shape index (κ2) is 10.4. The Morgan fingerprint density at radius 2 is 1.72 bits per heavy atom. The first-order valence-electron chi connectivity index (χ1n) is 12.9. The van der Waals surface area contributed by atoms with Crippen LogP contribution in [-0.4, -0.2) is 41.5 Å². The highest BCUT2D eigenvalue weighted by molar-refractivity contribution is 6.46. The molecule has 6 heteroatoms. The number of methoxy groups -OCH3 is 1. The Morgan fingerprint density at radius 1 is 1.06 bits per heavy atom. The molecule has 2 fully saturated rings. The Morgan fingerprint density at radius 3 is 2.31 bits per heavy atom. The number of aliphatic hydroxyl groups is 1. The van der Waals surface area contributed by atoms with Crippen LogP contribution in [0.15, 0.2) is 48.0 Å². The first kappa shape index (κ1) is 25.8. The molecule has 0 spiro atoms. The largest absolute Gasteiger partial charge is 0.507 e. The Labute approximate surface area is 213 Å². The summed E-state index contributed by atoms with van der Waals surface area (Å²) in [6.45, 7) is 8.91. The van der Waals surface area contributed by atoms with Crippen LogP contribution in [0.4, 0.5) is 0 Å². The van der Waals surface area contributed by atoms with E-state index >= 15 is 0 Å². The van der Waals surface area contributed by atoms with Crippen LogP contribution < -0.4 is 9.47 Å². The lowest BCUT2D eigenvalue weighted by molar-refractivity contribution is -0.141. The van der Waals surface area contributed by atoms with Gasteiger partial charge in [-0.1, -0.05) is 58.7 Å². The Kier molecular flexibility index (Phi) is 7.43. The summed E-state index contributed by atoms with van der Waals surface area (Å²) in [6, 6.07) is 12.4. The second-order valence-corrected chi connectivity index (χ2v) is 10.7. The van der Waals surface area contributed by atoms with E-state index in [0.717, 1.165) is 49.0 Å². The molecule has 0 radical (unpaired) electrons. The van der Waals surface area contributed by atoms with Crippen LogP contribution in [0.1, 0.15) is 82.5 Å². The van der Waals surface area contributed by atoms with Crippen molar-refractivity contribution in [1.82, 2.24) is 4.90 Å². The predicted octanol–water partition coefficient (Wildman–Crippen LogP) is 6.15. The summed E-state index contributed by atoms with van der Waals surface area (Å²) in [4.78, 5) is 28.6. The molecule has 1 aliphatic heterocycles. The fourth-order valence-corrected chi connectivity index (χ4v) is 5.21. The Balaban J connectivity index is 1.88. The summed E-state index contributed by atoms with van der Waals surface area (Å²) in [5.74, 6) is -0.217. The van der Waals surface area contributed by atoms with E-state index in [-0.39, 0.29) is 22.8 Å². The summed E-state index contributed by atoms with van der Waals surface area (Å²) in [5, 5.41) is 11.6. The maximum atomic E-state index is 13.5. The first-order chi connectivity index (χ1) is 17.2. The maximum absolute atomic E-state index is 13.5. The number of Topliss-reactive ketones (excluding diaryl/α,β-unsaturated/α-hetero) is 1. The zero-order valence-electron chi connectivity index (χ0n) is 22.0. The Hall–Kier alpha value is -3.28. The number of ketones is 1. The van der Waals surface area contributed by atoms with Gasteiger partial charge in [-0.15, -0.1) is 0 Å². The van der Waals surface area contributed by atoms with E-state index in [2.05, 4.69) is 20.8 Å². The van der Waals surface area contributed by atoms with E-state index in [1.807, 2.05) is 43.3 Å². The molecule has 0 bridgehead atoms. The molecule has 192 valence electrons. The monoisotopic (exact) mass is 491 g/mol. The Bertz CT molecular complexity index is 1150. The second-order valence-electron chi connectivity index (χ2n) is 10.7. The average molecular weight is 492 g/mol. The number of hydrogen-bond acceptors (Lipinski definition) is 5. The average Bonchev–Trinajstić information content (AvgIpc) is 3.48. The molecule has 1 atom stereocenters. The minimum atomic E-state index is -0.670. The summed E-state index contributed by atoms with van der Waals surface area (Å²) in [5.41, 5.74) is 2.12. The van der Waals surface area contributed by atoms with Crippen LogP contribution in [0.3, 0.4) is 0 Å². The molecule has 2 aromatic carbocycles. The van der Waals surface area contributed by atoms with E-state index in [4.69, 9.17) is 9.47 Å². The van der Waals surface area contributed by atoms with Gasteiger partial charge >= 0.3 is 0 Å². The van der Waals surface area contributed by atoms with Gasteiger partial charge in [-0.05, 0) is 60.1 Å². The van der Waals surface area contributed by atoms with Crippen molar-refractivity contribution in [2.75, 3.05) is 13.7 Å². The van der Waals surface area contributed by atoms with Gasteiger partial charge in [0.1, 0.15) is 17.3 Å². The molecule has 1 aliphatic carbocycles. The van der Waals surface area contributed by atoms with Crippen molar-refractivity contribution in [2.24, 2.45) is 0 Å². The fraction of sp³-hybridized carbons (Fsp3) is 0.467. The van der Waals surface area contributed by atoms with Crippen molar-refractivity contribution >= 4 is 17.4 Å². The molecule has 1 saturated carbocycles. The van der Waals surface area contributed by atoms with Gasteiger partial charge in [0, 0.05) is 6.04 Å². The van der Waals surface area contributed by atoms with Crippen molar-refractivity contribution in [3.8, 4) is 11.5 Å². The number of amides is 1. The van der Waals surface area contributed by atoms with E-state index in [1.165, 1.54) is 7.11 Å². The smallest absolute Gasteiger partial charge is 0.295 e. The molecule has 1 unspecified atom stereocenters. The third-order valence-corrected chi connectivity index (χ3v) is 7.19. The molecule has 2 aromatic rings. The minimum absolute atomic E-state index is 0.0319. The fourth-order valence-electron chi connectivity index (χ4n) is 5.21. The number of carbonyl (C=O) groups excluding carboxylic acids is 2. The van der Waals surface area contributed by atoms with E-state index < -0.39 is 17.7 Å². The number of hydrogen-bond donors (Lipinski definition) is 1. The maximum Gasteiger partial charge on any atom is 0.295 e. The highest BCUT2D eigenvalue weighted by Gasteiger charge is 2.49. The van der Waals surface area contributed by atoms with Crippen molar-refractivity contribution in [1.29, 1.82) is 0 Å². The number of rotatable bonds is 7. The van der Waals surface area contributed by atoms with Crippen LogP contribution in [-0.2, 0) is 15.0 Å². The van der Waals surface area contributed by atoms with Crippen LogP contribution in [0.25, 0.3) is 5.76 Å². The van der Waals surface area contributed by atoms with Crippen molar-refractivity contribution in [3.63, 3.8) is 0 Å². The number of carbonyl (C=O) groups is 2. The lowest BCUT2D eigenvalue weighted by Gasteiger charge is -2.31. The summed E-state index contributed by atoms with van der Waals surface area (Å²) < 4.78 is 11.3. The highest BCUT2D eigenvalue weighted by atomic mass is 16.5. The molecule has 1 saturated heterocycles. The standard InChI is InChI=1S/C30H37NO5/c1-6-17-36-22-14-11-19(12-15-22)26-25(28(33)29(34)31(26)21-9-7-8-10-21)27(32)23-18-20(30(2,3)4)13-16-24(23)35-5/h11-16,18,21,26,32H,6-10,17H2,1-5H3/b27-25+. The van der Waals surface area contributed by atoms with E-state index in [9.17, 15) is 14.7 Å². The van der Waals surface area contributed by atoms with Crippen molar-refractivity contribution in [2.45, 2.75) is 77.3 Å². The number of benzene rings is 2. The van der Waals surface area contributed by atoms with E-state index in [1.54, 1.807) is 11.0 Å². The van der Waals surface area contributed by atoms with Gasteiger partial charge in [0.25, 0.3) is 11.7 Å². The van der Waals surface area contributed by atoms with Gasteiger partial charge in [-0.2, -0.15) is 0 Å². The topological polar surface area (TPSA) is 76.1 Å². The van der Waals surface area contributed by atoms with Gasteiger partial charge in [0.2, 0.25) is 0 Å². The van der Waals surface area contributed by atoms with Crippen LogP contribution >= 0.6 is 0 Å². The minimum Gasteiger partial charge on any atom is -0.507 e. The molecule has 6 nitrogen and oxygen atoms in total. The molecule has 1 heterocycles. The van der Waals surface area contributed by atoms with Gasteiger partial charge in [-0.3, -0.25) is 9.59 Å². The van der Waals surface area contributed by atoms with Gasteiger partial charge in [0.15, 0.2) is 0 Å². The van der Waals surface area contributed by atoms with Crippen molar-refractivity contribution in [3.05, 3.63) is 64.7 Å². The zero-order valence-corrected chi connectivity index (χ0v) is 22.0. The third kappa shape index (κ3) is 4.86. The highest BCUT2D eigenvalue weighted by Crippen LogP contribution is 2.45. The van der Waals surface area contributed by atoms with Crippen LogP contribution in [0, 0.1) is 0 Å². The molecular formula is C30H37NO5. The summed E-state index contributed by atoms with van der Waals surface area (Å²) in [6.07, 6.45) is 4.64. The first-order valence-corrected chi connectivity index (χ1v) is 12.9. The quantitative estimate of drug-likeness (QED) is 0.286. The molecule has 0 aromatic heterocycles. The lowest BCUT2D eigenvalue weighted by atomic mass is 9.85. The van der Waals surface area contributed by atoms with Gasteiger partial charge in [0.05, 0.1) is 30.9 Å². The zero-order chi connectivity index (χ0) is 26.0.